The summed E-state index contributed by atoms with van der Waals surface area (Å²) in [5.41, 5.74) is 2.74. The molecule has 1 aromatic carbocycles. The van der Waals surface area contributed by atoms with E-state index in [9.17, 15) is 9.59 Å². The fourth-order valence-electron chi connectivity index (χ4n) is 2.00. The van der Waals surface area contributed by atoms with Gasteiger partial charge in [-0.05, 0) is 42.9 Å². The number of amides is 2. The molecule has 0 saturated carbocycles. The van der Waals surface area contributed by atoms with Crippen LogP contribution in [0.4, 0.5) is 10.5 Å². The van der Waals surface area contributed by atoms with Crippen molar-refractivity contribution < 1.29 is 14.7 Å². The molecule has 0 aliphatic carbocycles. The van der Waals surface area contributed by atoms with Gasteiger partial charge in [-0.1, -0.05) is 25.1 Å². The molecular formula is C15H22N2O3S. The molecular weight excluding hydrogens is 288 g/mol. The molecule has 6 heteroatoms. The Morgan fingerprint density at radius 3 is 2.67 bits per heavy atom. The van der Waals surface area contributed by atoms with Gasteiger partial charge in [0.05, 0.1) is 0 Å². The average molecular weight is 310 g/mol. The fourth-order valence-corrected chi connectivity index (χ4v) is 2.47. The maximum atomic E-state index is 12.0. The van der Waals surface area contributed by atoms with Crippen LogP contribution < -0.4 is 10.6 Å². The molecule has 5 nitrogen and oxygen atoms in total. The minimum absolute atomic E-state index is 0.401. The molecule has 0 fully saturated rings. The van der Waals surface area contributed by atoms with Gasteiger partial charge in [0.25, 0.3) is 0 Å². The van der Waals surface area contributed by atoms with Crippen molar-refractivity contribution in [2.24, 2.45) is 0 Å². The zero-order chi connectivity index (χ0) is 15.8. The molecule has 0 aliphatic heterocycles. The van der Waals surface area contributed by atoms with Crippen molar-refractivity contribution in [3.63, 3.8) is 0 Å². The van der Waals surface area contributed by atoms with Gasteiger partial charge in [0.2, 0.25) is 0 Å². The third kappa shape index (κ3) is 5.30. The zero-order valence-corrected chi connectivity index (χ0v) is 13.4. The molecule has 2 amide bonds. The lowest BCUT2D eigenvalue weighted by atomic mass is 10.1. The first-order valence-electron chi connectivity index (χ1n) is 6.87. The minimum Gasteiger partial charge on any atom is -0.480 e. The third-order valence-electron chi connectivity index (χ3n) is 3.19. The zero-order valence-electron chi connectivity index (χ0n) is 12.6. The van der Waals surface area contributed by atoms with Gasteiger partial charge >= 0.3 is 12.0 Å². The summed E-state index contributed by atoms with van der Waals surface area (Å²) in [4.78, 5) is 23.2. The van der Waals surface area contributed by atoms with E-state index in [4.69, 9.17) is 5.11 Å². The number of rotatable bonds is 7. The monoisotopic (exact) mass is 310 g/mol. The average Bonchev–Trinajstić information content (AvgIpc) is 2.45. The van der Waals surface area contributed by atoms with Crippen molar-refractivity contribution in [1.82, 2.24) is 5.32 Å². The predicted molar refractivity (Wildman–Crippen MR) is 87.1 cm³/mol. The van der Waals surface area contributed by atoms with Crippen LogP contribution in [-0.2, 0) is 11.2 Å². The molecule has 116 valence electrons. The standard InChI is InChI=1S/C15H22N2O3S/c1-4-11-7-5-6-10(2)13(11)17-15(20)16-12(14(18)19)8-9-21-3/h5-7,12H,4,8-9H2,1-3H3,(H,18,19)(H2,16,17,20). The van der Waals surface area contributed by atoms with Gasteiger partial charge in [0.15, 0.2) is 0 Å². The molecule has 0 aliphatic rings. The van der Waals surface area contributed by atoms with Gasteiger partial charge in [0.1, 0.15) is 6.04 Å². The summed E-state index contributed by atoms with van der Waals surface area (Å²) in [6, 6.07) is 4.46. The number of urea groups is 1. The van der Waals surface area contributed by atoms with E-state index in [0.29, 0.717) is 12.2 Å². The molecule has 1 atom stereocenters. The van der Waals surface area contributed by atoms with Crippen molar-refractivity contribution in [3.8, 4) is 0 Å². The Bertz CT molecular complexity index is 506. The van der Waals surface area contributed by atoms with Crippen LogP contribution in [0.25, 0.3) is 0 Å². The van der Waals surface area contributed by atoms with Crippen LogP contribution in [0, 0.1) is 6.92 Å². The summed E-state index contributed by atoms with van der Waals surface area (Å²) in [5.74, 6) is -0.332. The highest BCUT2D eigenvalue weighted by molar-refractivity contribution is 7.98. The van der Waals surface area contributed by atoms with Crippen LogP contribution in [0.1, 0.15) is 24.5 Å². The number of nitrogens with one attached hydrogen (secondary N) is 2. The van der Waals surface area contributed by atoms with Crippen molar-refractivity contribution in [1.29, 1.82) is 0 Å². The van der Waals surface area contributed by atoms with Gasteiger partial charge in [-0.25, -0.2) is 9.59 Å². The predicted octanol–water partition coefficient (Wildman–Crippen LogP) is 2.89. The Labute approximate surface area is 129 Å². The highest BCUT2D eigenvalue weighted by Crippen LogP contribution is 2.20. The van der Waals surface area contributed by atoms with E-state index in [1.807, 2.05) is 38.3 Å². The molecule has 0 heterocycles. The molecule has 0 radical (unpaired) electrons. The number of hydrogen-bond donors (Lipinski definition) is 3. The van der Waals surface area contributed by atoms with Crippen LogP contribution in [0.3, 0.4) is 0 Å². The number of thioether (sulfide) groups is 1. The summed E-state index contributed by atoms with van der Waals surface area (Å²) >= 11 is 1.55. The lowest BCUT2D eigenvalue weighted by Crippen LogP contribution is -2.43. The van der Waals surface area contributed by atoms with Crippen LogP contribution >= 0.6 is 11.8 Å². The first-order valence-corrected chi connectivity index (χ1v) is 8.26. The molecule has 1 rings (SSSR count). The van der Waals surface area contributed by atoms with Gasteiger partial charge in [-0.3, -0.25) is 0 Å². The van der Waals surface area contributed by atoms with E-state index in [2.05, 4.69) is 10.6 Å². The van der Waals surface area contributed by atoms with E-state index in [1.165, 1.54) is 0 Å². The van der Waals surface area contributed by atoms with Crippen LogP contribution in [0.2, 0.25) is 0 Å². The molecule has 0 spiro atoms. The second-order valence-corrected chi connectivity index (χ2v) is 5.72. The molecule has 1 unspecified atom stereocenters. The maximum absolute atomic E-state index is 12.0. The Morgan fingerprint density at radius 2 is 2.10 bits per heavy atom. The number of carboxylic acids is 1. The Morgan fingerprint density at radius 1 is 1.38 bits per heavy atom. The number of carbonyl (C=O) groups excluding carboxylic acids is 1. The second-order valence-electron chi connectivity index (χ2n) is 4.73. The summed E-state index contributed by atoms with van der Waals surface area (Å²) in [6.07, 6.45) is 3.10. The van der Waals surface area contributed by atoms with Crippen molar-refractivity contribution in [2.45, 2.75) is 32.7 Å². The molecule has 1 aromatic rings. The van der Waals surface area contributed by atoms with Crippen LogP contribution in [0.15, 0.2) is 18.2 Å². The summed E-state index contributed by atoms with van der Waals surface area (Å²) in [5, 5.41) is 14.4. The third-order valence-corrected chi connectivity index (χ3v) is 3.84. The first kappa shape index (κ1) is 17.4. The minimum atomic E-state index is -1.01. The van der Waals surface area contributed by atoms with E-state index in [0.717, 1.165) is 23.2 Å². The number of para-hydroxylation sites is 1. The van der Waals surface area contributed by atoms with Gasteiger partial charge in [-0.15, -0.1) is 0 Å². The summed E-state index contributed by atoms with van der Waals surface area (Å²) < 4.78 is 0. The van der Waals surface area contributed by atoms with Gasteiger partial charge < -0.3 is 15.7 Å². The number of aliphatic carboxylic acids is 1. The van der Waals surface area contributed by atoms with Gasteiger partial charge in [0, 0.05) is 5.69 Å². The SMILES string of the molecule is CCc1cccc(C)c1NC(=O)NC(CCSC)C(=O)O. The Kier molecular flexibility index (Phi) is 7.08. The topological polar surface area (TPSA) is 78.4 Å². The number of carboxylic acid groups (broad SMARTS) is 1. The number of anilines is 1. The Balaban J connectivity index is 2.74. The quantitative estimate of drug-likeness (QED) is 0.723. The van der Waals surface area contributed by atoms with E-state index < -0.39 is 18.0 Å². The highest BCUT2D eigenvalue weighted by Gasteiger charge is 2.20. The first-order chi connectivity index (χ1) is 9.99. The largest absolute Gasteiger partial charge is 0.480 e. The normalized spacial score (nSPS) is 11.8. The maximum Gasteiger partial charge on any atom is 0.326 e. The summed E-state index contributed by atoms with van der Waals surface area (Å²) in [6.45, 7) is 3.92. The van der Waals surface area contributed by atoms with E-state index >= 15 is 0 Å². The number of carbonyl (C=O) groups is 2. The summed E-state index contributed by atoms with van der Waals surface area (Å²) in [7, 11) is 0. The molecule has 0 aromatic heterocycles. The molecule has 21 heavy (non-hydrogen) atoms. The van der Waals surface area contributed by atoms with Crippen molar-refractivity contribution >= 4 is 29.4 Å². The van der Waals surface area contributed by atoms with E-state index in [1.54, 1.807) is 11.8 Å². The lowest BCUT2D eigenvalue weighted by Gasteiger charge is -2.17. The van der Waals surface area contributed by atoms with Gasteiger partial charge in [-0.2, -0.15) is 11.8 Å². The number of hydrogen-bond acceptors (Lipinski definition) is 3. The van der Waals surface area contributed by atoms with Crippen LogP contribution in [-0.4, -0.2) is 35.2 Å². The lowest BCUT2D eigenvalue weighted by molar-refractivity contribution is -0.139. The van der Waals surface area contributed by atoms with Crippen molar-refractivity contribution in [3.05, 3.63) is 29.3 Å². The Hall–Kier alpha value is -1.69. The molecule has 0 bridgehead atoms. The smallest absolute Gasteiger partial charge is 0.326 e. The molecule has 3 N–H and O–H groups in total. The molecule has 0 saturated heterocycles. The highest BCUT2D eigenvalue weighted by atomic mass is 32.2. The second kappa shape index (κ2) is 8.56. The van der Waals surface area contributed by atoms with Crippen molar-refractivity contribution in [2.75, 3.05) is 17.3 Å². The number of aryl methyl sites for hydroxylation is 2. The van der Waals surface area contributed by atoms with Crippen LogP contribution in [0.5, 0.6) is 0 Å². The number of benzene rings is 1. The van der Waals surface area contributed by atoms with E-state index in [-0.39, 0.29) is 0 Å². The fraction of sp³-hybridized carbons (Fsp3) is 0.467.